The fourth-order valence-corrected chi connectivity index (χ4v) is 4.35. The van der Waals surface area contributed by atoms with Crippen LogP contribution >= 0.6 is 23.2 Å². The maximum absolute atomic E-state index is 12.3. The number of benzene rings is 2. The highest BCUT2D eigenvalue weighted by Crippen LogP contribution is 2.28. The summed E-state index contributed by atoms with van der Waals surface area (Å²) in [7, 11) is -3.56. The number of amides is 1. The molecular weight excluding hydrogens is 463 g/mol. The van der Waals surface area contributed by atoms with Gasteiger partial charge in [-0.05, 0) is 56.2 Å². The normalized spacial score (nSPS) is 11.1. The van der Waals surface area contributed by atoms with E-state index < -0.39 is 16.0 Å². The second-order valence-electron chi connectivity index (χ2n) is 6.79. The number of nitrogens with one attached hydrogen (secondary N) is 1. The van der Waals surface area contributed by atoms with Crippen LogP contribution in [0.1, 0.15) is 35.7 Å². The maximum atomic E-state index is 12.3. The lowest BCUT2D eigenvalue weighted by atomic mass is 10.2. The van der Waals surface area contributed by atoms with Crippen LogP contribution in [-0.4, -0.2) is 39.7 Å². The number of anilines is 2. The molecule has 1 amide bonds. The van der Waals surface area contributed by atoms with Crippen LogP contribution in [0.2, 0.25) is 10.0 Å². The van der Waals surface area contributed by atoms with Crippen molar-refractivity contribution in [2.75, 3.05) is 29.0 Å². The molecule has 0 atom stereocenters. The van der Waals surface area contributed by atoms with Crippen LogP contribution in [0.4, 0.5) is 11.4 Å². The molecule has 0 heterocycles. The Morgan fingerprint density at radius 2 is 1.84 bits per heavy atom. The van der Waals surface area contributed by atoms with Crippen LogP contribution in [0.5, 0.6) is 0 Å². The molecule has 2 rings (SSSR count). The summed E-state index contributed by atoms with van der Waals surface area (Å²) < 4.78 is 30.7. The van der Waals surface area contributed by atoms with E-state index >= 15 is 0 Å². The van der Waals surface area contributed by atoms with Crippen molar-refractivity contribution in [3.63, 3.8) is 0 Å². The number of esters is 1. The minimum Gasteiger partial charge on any atom is -0.462 e. The van der Waals surface area contributed by atoms with Crippen molar-refractivity contribution in [3.05, 3.63) is 57.6 Å². The van der Waals surface area contributed by atoms with E-state index in [9.17, 15) is 18.0 Å². The Morgan fingerprint density at radius 3 is 2.45 bits per heavy atom. The first kappa shape index (κ1) is 25.0. The number of halogens is 2. The van der Waals surface area contributed by atoms with E-state index in [1.54, 1.807) is 38.1 Å². The lowest BCUT2D eigenvalue weighted by Gasteiger charge is -2.24. The van der Waals surface area contributed by atoms with Crippen molar-refractivity contribution >= 4 is 56.5 Å². The number of carbonyl (C=O) groups excluding carboxylic acids is 2. The highest BCUT2D eigenvalue weighted by Gasteiger charge is 2.20. The molecule has 10 heteroatoms. The van der Waals surface area contributed by atoms with Gasteiger partial charge in [0.15, 0.2) is 0 Å². The maximum Gasteiger partial charge on any atom is 0.339 e. The number of carbonyl (C=O) groups is 2. The summed E-state index contributed by atoms with van der Waals surface area (Å²) in [5.74, 6) is -0.848. The molecule has 31 heavy (non-hydrogen) atoms. The van der Waals surface area contributed by atoms with Crippen LogP contribution in [-0.2, 0) is 19.6 Å². The van der Waals surface area contributed by atoms with Crippen molar-refractivity contribution in [1.29, 1.82) is 0 Å². The van der Waals surface area contributed by atoms with Crippen LogP contribution < -0.4 is 9.62 Å². The summed E-state index contributed by atoms with van der Waals surface area (Å²) >= 11 is 12.2. The summed E-state index contributed by atoms with van der Waals surface area (Å²) in [5.41, 5.74) is 1.77. The van der Waals surface area contributed by atoms with Gasteiger partial charge in [-0.3, -0.25) is 9.10 Å². The third kappa shape index (κ3) is 6.85. The molecule has 0 unspecified atom stereocenters. The summed E-state index contributed by atoms with van der Waals surface area (Å²) in [6.45, 7) is 3.79. The van der Waals surface area contributed by atoms with Crippen molar-refractivity contribution in [2.24, 2.45) is 0 Å². The molecule has 0 aliphatic carbocycles. The number of ether oxygens (including phenoxy) is 1. The van der Waals surface area contributed by atoms with Gasteiger partial charge in [-0.2, -0.15) is 0 Å². The van der Waals surface area contributed by atoms with E-state index in [1.807, 2.05) is 0 Å². The SMILES string of the molecule is CCOC(=O)c1ccc(NC(=O)CCCN(c2cccc(Cl)c2C)S(C)(=O)=O)cc1Cl. The fourth-order valence-electron chi connectivity index (χ4n) is 2.91. The molecule has 0 bridgehead atoms. The third-order valence-corrected chi connectivity index (χ3v) is 6.32. The first-order valence-electron chi connectivity index (χ1n) is 9.54. The molecule has 168 valence electrons. The fraction of sp³-hybridized carbons (Fsp3) is 0.333. The largest absolute Gasteiger partial charge is 0.462 e. The van der Waals surface area contributed by atoms with Gasteiger partial charge in [0.2, 0.25) is 15.9 Å². The minimum absolute atomic E-state index is 0.0862. The summed E-state index contributed by atoms with van der Waals surface area (Å²) in [6, 6.07) is 9.53. The molecule has 0 aliphatic rings. The molecule has 2 aromatic rings. The zero-order chi connectivity index (χ0) is 23.2. The number of rotatable bonds is 9. The molecular formula is C21H24Cl2N2O5S. The van der Waals surface area contributed by atoms with E-state index in [1.165, 1.54) is 16.4 Å². The van der Waals surface area contributed by atoms with Gasteiger partial charge in [0.1, 0.15) is 0 Å². The van der Waals surface area contributed by atoms with E-state index in [0.29, 0.717) is 28.4 Å². The molecule has 0 saturated carbocycles. The molecule has 0 saturated heterocycles. The molecule has 0 aliphatic heterocycles. The Labute approximate surface area is 192 Å². The zero-order valence-electron chi connectivity index (χ0n) is 17.4. The van der Waals surface area contributed by atoms with Crippen molar-refractivity contribution in [2.45, 2.75) is 26.7 Å². The number of hydrogen-bond donors (Lipinski definition) is 1. The summed E-state index contributed by atoms with van der Waals surface area (Å²) in [6.07, 6.45) is 1.49. The molecule has 0 spiro atoms. The van der Waals surface area contributed by atoms with Crippen LogP contribution in [0.15, 0.2) is 36.4 Å². The standard InChI is InChI=1S/C21H24Cl2N2O5S/c1-4-30-21(27)16-11-10-15(13-18(16)23)24-20(26)9-6-12-25(31(3,28)29)19-8-5-7-17(22)14(19)2/h5,7-8,10-11,13H,4,6,9,12H2,1-3H3,(H,24,26). The predicted octanol–water partition coefficient (Wildman–Crippen LogP) is 4.66. The Morgan fingerprint density at radius 1 is 1.13 bits per heavy atom. The lowest BCUT2D eigenvalue weighted by molar-refractivity contribution is -0.116. The van der Waals surface area contributed by atoms with Gasteiger partial charge in [0, 0.05) is 23.7 Å². The molecule has 0 radical (unpaired) electrons. The Hall–Kier alpha value is -2.29. The Kier molecular flexibility index (Phi) is 8.73. The minimum atomic E-state index is -3.56. The van der Waals surface area contributed by atoms with Gasteiger partial charge in [-0.15, -0.1) is 0 Å². The van der Waals surface area contributed by atoms with Gasteiger partial charge < -0.3 is 10.1 Å². The van der Waals surface area contributed by atoms with Crippen LogP contribution in [0.25, 0.3) is 0 Å². The second kappa shape index (κ2) is 10.8. The van der Waals surface area contributed by atoms with Gasteiger partial charge in [-0.25, -0.2) is 13.2 Å². The predicted molar refractivity (Wildman–Crippen MR) is 124 cm³/mol. The molecule has 2 aromatic carbocycles. The van der Waals surface area contributed by atoms with E-state index in [0.717, 1.165) is 6.26 Å². The quantitative estimate of drug-likeness (QED) is 0.520. The van der Waals surface area contributed by atoms with E-state index in [-0.39, 0.29) is 36.1 Å². The smallest absolute Gasteiger partial charge is 0.339 e. The highest BCUT2D eigenvalue weighted by molar-refractivity contribution is 7.92. The highest BCUT2D eigenvalue weighted by atomic mass is 35.5. The zero-order valence-corrected chi connectivity index (χ0v) is 19.8. The van der Waals surface area contributed by atoms with Crippen molar-refractivity contribution < 1.29 is 22.7 Å². The first-order chi connectivity index (χ1) is 14.5. The monoisotopic (exact) mass is 486 g/mol. The van der Waals surface area contributed by atoms with Crippen LogP contribution in [0.3, 0.4) is 0 Å². The average Bonchev–Trinajstić information content (AvgIpc) is 2.67. The number of hydrogen-bond acceptors (Lipinski definition) is 5. The second-order valence-corrected chi connectivity index (χ2v) is 9.51. The van der Waals surface area contributed by atoms with Crippen molar-refractivity contribution in [1.82, 2.24) is 0 Å². The first-order valence-corrected chi connectivity index (χ1v) is 12.1. The summed E-state index contributed by atoms with van der Waals surface area (Å²) in [4.78, 5) is 24.1. The Balaban J connectivity index is 2.01. The van der Waals surface area contributed by atoms with Crippen molar-refractivity contribution in [3.8, 4) is 0 Å². The number of sulfonamides is 1. The summed E-state index contributed by atoms with van der Waals surface area (Å²) in [5, 5.41) is 3.32. The van der Waals surface area contributed by atoms with Gasteiger partial charge in [0.05, 0.1) is 29.1 Å². The topological polar surface area (TPSA) is 92.8 Å². The Bertz CT molecular complexity index is 1070. The molecule has 0 aromatic heterocycles. The van der Waals surface area contributed by atoms with Gasteiger partial charge in [-0.1, -0.05) is 29.3 Å². The molecule has 1 N–H and O–H groups in total. The van der Waals surface area contributed by atoms with E-state index in [2.05, 4.69) is 5.32 Å². The number of nitrogens with zero attached hydrogens (tertiary/aromatic N) is 1. The van der Waals surface area contributed by atoms with Gasteiger partial charge in [0.25, 0.3) is 0 Å². The van der Waals surface area contributed by atoms with E-state index in [4.69, 9.17) is 27.9 Å². The lowest BCUT2D eigenvalue weighted by Crippen LogP contribution is -2.32. The molecule has 0 fully saturated rings. The van der Waals surface area contributed by atoms with Gasteiger partial charge >= 0.3 is 5.97 Å². The third-order valence-electron chi connectivity index (χ3n) is 4.42. The average molecular weight is 487 g/mol. The molecule has 7 nitrogen and oxygen atoms in total. The van der Waals surface area contributed by atoms with Crippen LogP contribution in [0, 0.1) is 6.92 Å².